The Labute approximate surface area is 197 Å². The number of fused-ring (bicyclic) bond motifs is 1. The lowest BCUT2D eigenvalue weighted by Gasteiger charge is -2.16. The Balaban J connectivity index is 1.26. The Bertz CT molecular complexity index is 956. The molecule has 2 fully saturated rings. The van der Waals surface area contributed by atoms with E-state index in [1.54, 1.807) is 50.6 Å². The molecule has 0 unspecified atom stereocenters. The van der Waals surface area contributed by atoms with Gasteiger partial charge in [0.25, 0.3) is 0 Å². The van der Waals surface area contributed by atoms with Crippen LogP contribution in [0.15, 0.2) is 60.7 Å². The van der Waals surface area contributed by atoms with Crippen LogP contribution in [0.2, 0.25) is 0 Å². The maximum absolute atomic E-state index is 12.3. The standard InChI is InChI=1S/C26H26O8/c1-29-19-9-3-17(4-10-19)7-13-23(27)33-21-15-31-26-22(16-32-25(21)26)34-24(28)14-8-18-5-11-20(30-2)12-6-18/h3-14,21-22,25-26H,15-16H2,1-2H3/t21-,22+,25-,26-/m1/s1. The van der Waals surface area contributed by atoms with E-state index in [0.717, 1.165) is 22.6 Å². The van der Waals surface area contributed by atoms with Crippen LogP contribution in [0, 0.1) is 0 Å². The molecule has 8 nitrogen and oxygen atoms in total. The highest BCUT2D eigenvalue weighted by Gasteiger charge is 2.50. The highest BCUT2D eigenvalue weighted by molar-refractivity contribution is 5.87. The lowest BCUT2D eigenvalue weighted by molar-refractivity contribution is -0.149. The van der Waals surface area contributed by atoms with E-state index in [-0.39, 0.29) is 13.2 Å². The van der Waals surface area contributed by atoms with Gasteiger partial charge in [-0.2, -0.15) is 0 Å². The molecule has 2 aromatic carbocycles. The second-order valence-electron chi connectivity index (χ2n) is 7.76. The summed E-state index contributed by atoms with van der Waals surface area (Å²) in [6.45, 7) is 0.348. The molecule has 0 aliphatic carbocycles. The minimum atomic E-state index is -0.573. The number of carbonyl (C=O) groups excluding carboxylic acids is 2. The SMILES string of the molecule is COc1ccc(C=CC(=O)O[C@H]2CO[C@H]3[C@@H]2OC[C@H]3OC(=O)C=Cc2ccc(OC)cc2)cc1. The number of benzene rings is 2. The van der Waals surface area contributed by atoms with Crippen LogP contribution in [0.25, 0.3) is 12.2 Å². The van der Waals surface area contributed by atoms with Gasteiger partial charge in [0, 0.05) is 12.2 Å². The molecule has 2 aliphatic rings. The molecule has 178 valence electrons. The van der Waals surface area contributed by atoms with Crippen LogP contribution in [0.4, 0.5) is 0 Å². The minimum absolute atomic E-state index is 0.174. The summed E-state index contributed by atoms with van der Waals surface area (Å²) in [7, 11) is 3.18. The molecule has 0 aromatic heterocycles. The van der Waals surface area contributed by atoms with Crippen molar-refractivity contribution in [2.45, 2.75) is 24.4 Å². The van der Waals surface area contributed by atoms with Gasteiger partial charge in [-0.15, -0.1) is 0 Å². The summed E-state index contributed by atoms with van der Waals surface area (Å²) in [4.78, 5) is 24.5. The molecular weight excluding hydrogens is 440 g/mol. The van der Waals surface area contributed by atoms with Crippen molar-refractivity contribution in [3.63, 3.8) is 0 Å². The molecule has 4 rings (SSSR count). The van der Waals surface area contributed by atoms with Crippen molar-refractivity contribution in [3.8, 4) is 11.5 Å². The maximum Gasteiger partial charge on any atom is 0.331 e. The van der Waals surface area contributed by atoms with E-state index in [4.69, 9.17) is 28.4 Å². The lowest BCUT2D eigenvalue weighted by atomic mass is 10.1. The summed E-state index contributed by atoms with van der Waals surface area (Å²) < 4.78 is 32.7. The third-order valence-corrected chi connectivity index (χ3v) is 5.55. The summed E-state index contributed by atoms with van der Waals surface area (Å²) in [6, 6.07) is 14.6. The molecule has 0 spiro atoms. The molecule has 0 radical (unpaired) electrons. The summed E-state index contributed by atoms with van der Waals surface area (Å²) >= 11 is 0. The van der Waals surface area contributed by atoms with E-state index in [1.807, 2.05) is 24.3 Å². The van der Waals surface area contributed by atoms with E-state index in [1.165, 1.54) is 12.2 Å². The topological polar surface area (TPSA) is 89.5 Å². The van der Waals surface area contributed by atoms with Gasteiger partial charge < -0.3 is 28.4 Å². The number of hydrogen-bond acceptors (Lipinski definition) is 8. The molecule has 2 aromatic rings. The largest absolute Gasteiger partial charge is 0.497 e. The Morgan fingerprint density at radius 2 is 1.09 bits per heavy atom. The Kier molecular flexibility index (Phi) is 7.61. The molecule has 0 amide bonds. The van der Waals surface area contributed by atoms with Gasteiger partial charge in [-0.1, -0.05) is 24.3 Å². The lowest BCUT2D eigenvalue weighted by Crippen LogP contribution is -2.35. The summed E-state index contributed by atoms with van der Waals surface area (Å²) in [6.07, 6.45) is 3.91. The van der Waals surface area contributed by atoms with E-state index >= 15 is 0 Å². The molecule has 34 heavy (non-hydrogen) atoms. The Morgan fingerprint density at radius 3 is 1.44 bits per heavy atom. The molecule has 0 N–H and O–H groups in total. The first kappa shape index (κ1) is 23.5. The van der Waals surface area contributed by atoms with Crippen molar-refractivity contribution in [3.05, 3.63) is 71.8 Å². The van der Waals surface area contributed by atoms with E-state index < -0.39 is 36.4 Å². The normalized spacial score (nSPS) is 23.7. The van der Waals surface area contributed by atoms with Crippen molar-refractivity contribution in [1.29, 1.82) is 0 Å². The second-order valence-corrected chi connectivity index (χ2v) is 7.76. The average Bonchev–Trinajstić information content (AvgIpc) is 3.45. The third-order valence-electron chi connectivity index (χ3n) is 5.55. The summed E-state index contributed by atoms with van der Waals surface area (Å²) in [5, 5.41) is 0. The number of rotatable bonds is 8. The molecule has 0 saturated carbocycles. The first-order valence-corrected chi connectivity index (χ1v) is 10.8. The average molecular weight is 466 g/mol. The van der Waals surface area contributed by atoms with E-state index in [9.17, 15) is 9.59 Å². The van der Waals surface area contributed by atoms with Gasteiger partial charge >= 0.3 is 11.9 Å². The molecule has 2 saturated heterocycles. The van der Waals surface area contributed by atoms with Crippen LogP contribution in [0.1, 0.15) is 11.1 Å². The number of carbonyl (C=O) groups is 2. The summed E-state index contributed by atoms with van der Waals surface area (Å²) in [5.74, 6) is 0.463. The number of ether oxygens (including phenoxy) is 6. The van der Waals surface area contributed by atoms with E-state index in [2.05, 4.69) is 0 Å². The van der Waals surface area contributed by atoms with Crippen LogP contribution in [-0.4, -0.2) is 63.8 Å². The van der Waals surface area contributed by atoms with Gasteiger partial charge in [0.05, 0.1) is 27.4 Å². The fourth-order valence-corrected chi connectivity index (χ4v) is 3.77. The first-order chi connectivity index (χ1) is 16.6. The van der Waals surface area contributed by atoms with Gasteiger partial charge in [0.15, 0.2) is 12.2 Å². The van der Waals surface area contributed by atoms with Gasteiger partial charge in [0.1, 0.15) is 23.7 Å². The van der Waals surface area contributed by atoms with Crippen LogP contribution in [-0.2, 0) is 28.5 Å². The first-order valence-electron chi connectivity index (χ1n) is 10.8. The molecule has 2 aliphatic heterocycles. The van der Waals surface area contributed by atoms with Gasteiger partial charge in [-0.25, -0.2) is 9.59 Å². The van der Waals surface area contributed by atoms with Gasteiger partial charge in [0.2, 0.25) is 0 Å². The van der Waals surface area contributed by atoms with Crippen molar-refractivity contribution in [2.75, 3.05) is 27.4 Å². The predicted molar refractivity (Wildman–Crippen MR) is 123 cm³/mol. The zero-order chi connectivity index (χ0) is 23.9. The Morgan fingerprint density at radius 1 is 0.706 bits per heavy atom. The highest BCUT2D eigenvalue weighted by Crippen LogP contribution is 2.31. The maximum atomic E-state index is 12.3. The third kappa shape index (κ3) is 5.84. The van der Waals surface area contributed by atoms with E-state index in [0.29, 0.717) is 0 Å². The van der Waals surface area contributed by atoms with Crippen LogP contribution in [0.3, 0.4) is 0 Å². The van der Waals surface area contributed by atoms with Crippen LogP contribution in [0.5, 0.6) is 11.5 Å². The second kappa shape index (κ2) is 11.0. The number of esters is 2. The number of methoxy groups -OCH3 is 2. The van der Waals surface area contributed by atoms with Crippen molar-refractivity contribution < 1.29 is 38.0 Å². The quantitative estimate of drug-likeness (QED) is 0.433. The summed E-state index contributed by atoms with van der Waals surface area (Å²) in [5.41, 5.74) is 1.68. The van der Waals surface area contributed by atoms with Crippen LogP contribution < -0.4 is 9.47 Å². The van der Waals surface area contributed by atoms with Crippen molar-refractivity contribution in [1.82, 2.24) is 0 Å². The number of hydrogen-bond donors (Lipinski definition) is 0. The highest BCUT2D eigenvalue weighted by atomic mass is 16.7. The predicted octanol–water partition coefficient (Wildman–Crippen LogP) is 3.05. The van der Waals surface area contributed by atoms with Gasteiger partial charge in [-0.05, 0) is 47.5 Å². The molecule has 4 atom stereocenters. The molecular formula is C26H26O8. The minimum Gasteiger partial charge on any atom is -0.497 e. The molecule has 2 heterocycles. The molecule has 8 heteroatoms. The zero-order valence-corrected chi connectivity index (χ0v) is 18.9. The smallest absolute Gasteiger partial charge is 0.331 e. The monoisotopic (exact) mass is 466 g/mol. The zero-order valence-electron chi connectivity index (χ0n) is 18.9. The van der Waals surface area contributed by atoms with Crippen LogP contribution >= 0.6 is 0 Å². The van der Waals surface area contributed by atoms with Crippen molar-refractivity contribution in [2.24, 2.45) is 0 Å². The Hall–Kier alpha value is -3.62. The molecule has 0 bridgehead atoms. The van der Waals surface area contributed by atoms with Crippen molar-refractivity contribution >= 4 is 24.1 Å². The fourth-order valence-electron chi connectivity index (χ4n) is 3.77. The fraction of sp³-hybridized carbons (Fsp3) is 0.308. The van der Waals surface area contributed by atoms with Gasteiger partial charge in [-0.3, -0.25) is 0 Å².